The van der Waals surface area contributed by atoms with E-state index in [0.717, 1.165) is 67.4 Å². The fraction of sp³-hybridized carbons (Fsp3) is 0.359. The van der Waals surface area contributed by atoms with Gasteiger partial charge in [-0.3, -0.25) is 19.5 Å². The zero-order valence-corrected chi connectivity index (χ0v) is 27.3. The van der Waals surface area contributed by atoms with E-state index in [1.165, 1.54) is 11.1 Å². The number of anilines is 1. The summed E-state index contributed by atoms with van der Waals surface area (Å²) in [7, 11) is 0. The van der Waals surface area contributed by atoms with Crippen LogP contribution in [0.5, 0.6) is 5.75 Å². The van der Waals surface area contributed by atoms with Crippen molar-refractivity contribution in [1.82, 2.24) is 15.2 Å². The molecule has 244 valence electrons. The standard InChI is InChI=1S/C39H44N4O4/c1-28(2)47-35-13-9-31(10-14-35)38-36(39(45)41-26-32-5-3-4-6-33(32)27-42-21-23-46-24-22-42)15-16-37(44)43(38)34-11-7-29(8-12-34)25-30-17-19-40-20-18-30/h3-14,17-20,28,36,38H,15-16,21-27H2,1-2H3,(H,41,45)/t36-,38+/m0/s1. The summed E-state index contributed by atoms with van der Waals surface area (Å²) in [5, 5.41) is 3.26. The Morgan fingerprint density at radius 3 is 2.30 bits per heavy atom. The summed E-state index contributed by atoms with van der Waals surface area (Å²) in [6.07, 6.45) is 5.19. The SMILES string of the molecule is CC(C)Oc1ccc([C@@H]2[C@@H](C(=O)NCc3ccccc3CN3CCOCC3)CCC(=O)N2c2ccc(Cc3ccncc3)cc2)cc1. The van der Waals surface area contributed by atoms with E-state index in [0.29, 0.717) is 19.4 Å². The second-order valence-corrected chi connectivity index (χ2v) is 12.7. The number of piperidine rings is 1. The number of amides is 2. The van der Waals surface area contributed by atoms with Gasteiger partial charge in [-0.1, -0.05) is 48.5 Å². The molecule has 47 heavy (non-hydrogen) atoms. The van der Waals surface area contributed by atoms with Crippen LogP contribution in [0.15, 0.2) is 97.3 Å². The van der Waals surface area contributed by atoms with Gasteiger partial charge in [-0.15, -0.1) is 0 Å². The van der Waals surface area contributed by atoms with Crippen LogP contribution in [0.4, 0.5) is 5.69 Å². The zero-order chi connectivity index (χ0) is 32.6. The van der Waals surface area contributed by atoms with Gasteiger partial charge in [0.1, 0.15) is 5.75 Å². The Hall–Kier alpha value is -4.53. The molecule has 8 heteroatoms. The first-order chi connectivity index (χ1) is 22.9. The van der Waals surface area contributed by atoms with E-state index in [-0.39, 0.29) is 17.9 Å². The van der Waals surface area contributed by atoms with E-state index in [9.17, 15) is 9.59 Å². The first kappa shape index (κ1) is 32.4. The van der Waals surface area contributed by atoms with Gasteiger partial charge in [-0.05, 0) is 90.9 Å². The van der Waals surface area contributed by atoms with Crippen molar-refractivity contribution in [3.05, 3.63) is 125 Å². The van der Waals surface area contributed by atoms with Crippen molar-refractivity contribution in [2.45, 2.75) is 58.3 Å². The van der Waals surface area contributed by atoms with Crippen molar-refractivity contribution in [3.8, 4) is 5.75 Å². The second kappa shape index (κ2) is 15.4. The van der Waals surface area contributed by atoms with Gasteiger partial charge in [0.05, 0.1) is 31.3 Å². The lowest BCUT2D eigenvalue weighted by molar-refractivity contribution is -0.129. The summed E-state index contributed by atoms with van der Waals surface area (Å²) in [6.45, 7) is 8.54. The highest BCUT2D eigenvalue weighted by Gasteiger charge is 2.41. The third-order valence-corrected chi connectivity index (χ3v) is 8.97. The number of carbonyl (C=O) groups is 2. The van der Waals surface area contributed by atoms with Crippen LogP contribution in [-0.4, -0.2) is 54.1 Å². The summed E-state index contributed by atoms with van der Waals surface area (Å²) in [6, 6.07) is 27.8. The molecule has 2 fully saturated rings. The Kier molecular flexibility index (Phi) is 10.6. The molecule has 3 heterocycles. The Morgan fingerprint density at radius 1 is 0.915 bits per heavy atom. The molecule has 3 aromatic carbocycles. The molecule has 8 nitrogen and oxygen atoms in total. The molecule has 0 aliphatic carbocycles. The minimum absolute atomic E-state index is 0.0132. The molecule has 2 aliphatic rings. The third-order valence-electron chi connectivity index (χ3n) is 8.97. The maximum Gasteiger partial charge on any atom is 0.227 e. The topological polar surface area (TPSA) is 84.0 Å². The quantitative estimate of drug-likeness (QED) is 0.216. The monoisotopic (exact) mass is 632 g/mol. The molecule has 0 radical (unpaired) electrons. The van der Waals surface area contributed by atoms with E-state index >= 15 is 0 Å². The van der Waals surface area contributed by atoms with Crippen LogP contribution < -0.4 is 15.0 Å². The predicted octanol–water partition coefficient (Wildman–Crippen LogP) is 6.09. The molecule has 0 saturated carbocycles. The highest BCUT2D eigenvalue weighted by Crippen LogP contribution is 2.41. The van der Waals surface area contributed by atoms with Gasteiger partial charge >= 0.3 is 0 Å². The smallest absolute Gasteiger partial charge is 0.227 e. The Labute approximate surface area is 277 Å². The van der Waals surface area contributed by atoms with Gasteiger partial charge in [0.25, 0.3) is 0 Å². The van der Waals surface area contributed by atoms with Crippen LogP contribution in [0.3, 0.4) is 0 Å². The van der Waals surface area contributed by atoms with E-state index in [1.807, 2.05) is 73.3 Å². The van der Waals surface area contributed by atoms with Crippen LogP contribution in [0.2, 0.25) is 0 Å². The number of pyridine rings is 1. The van der Waals surface area contributed by atoms with Gasteiger partial charge < -0.3 is 19.7 Å². The van der Waals surface area contributed by atoms with Gasteiger partial charge in [0, 0.05) is 50.7 Å². The number of rotatable bonds is 11. The molecular formula is C39H44N4O4. The number of hydrogen-bond donors (Lipinski definition) is 1. The van der Waals surface area contributed by atoms with Crippen molar-refractivity contribution < 1.29 is 19.1 Å². The highest BCUT2D eigenvalue weighted by molar-refractivity contribution is 5.97. The van der Waals surface area contributed by atoms with E-state index < -0.39 is 12.0 Å². The molecule has 2 saturated heterocycles. The zero-order valence-electron chi connectivity index (χ0n) is 27.3. The lowest BCUT2D eigenvalue weighted by Gasteiger charge is -2.41. The van der Waals surface area contributed by atoms with Gasteiger partial charge in [0.2, 0.25) is 11.8 Å². The second-order valence-electron chi connectivity index (χ2n) is 12.7. The first-order valence-corrected chi connectivity index (χ1v) is 16.7. The molecule has 0 bridgehead atoms. The summed E-state index contributed by atoms with van der Waals surface area (Å²) in [5.74, 6) is 0.299. The molecule has 4 aromatic rings. The average molecular weight is 633 g/mol. The number of morpholine rings is 1. The van der Waals surface area contributed by atoms with Gasteiger partial charge in [0.15, 0.2) is 0 Å². The molecule has 6 rings (SSSR count). The fourth-order valence-electron chi connectivity index (χ4n) is 6.58. The predicted molar refractivity (Wildman–Crippen MR) is 183 cm³/mol. The largest absolute Gasteiger partial charge is 0.491 e. The number of benzene rings is 3. The maximum atomic E-state index is 14.1. The van der Waals surface area contributed by atoms with Crippen molar-refractivity contribution >= 4 is 17.5 Å². The summed E-state index contributed by atoms with van der Waals surface area (Å²) < 4.78 is 11.4. The van der Waals surface area contributed by atoms with Crippen LogP contribution >= 0.6 is 0 Å². The summed E-state index contributed by atoms with van der Waals surface area (Å²) in [4.78, 5) is 36.1. The van der Waals surface area contributed by atoms with Crippen molar-refractivity contribution in [2.24, 2.45) is 5.92 Å². The van der Waals surface area contributed by atoms with Crippen LogP contribution in [0, 0.1) is 5.92 Å². The molecule has 2 aliphatic heterocycles. The van der Waals surface area contributed by atoms with Crippen molar-refractivity contribution in [2.75, 3.05) is 31.2 Å². The van der Waals surface area contributed by atoms with E-state index in [1.54, 1.807) is 12.4 Å². The molecule has 1 N–H and O–H groups in total. The number of nitrogens with one attached hydrogen (secondary N) is 1. The maximum absolute atomic E-state index is 14.1. The molecule has 1 aromatic heterocycles. The van der Waals surface area contributed by atoms with Gasteiger partial charge in [-0.25, -0.2) is 0 Å². The number of nitrogens with zero attached hydrogens (tertiary/aromatic N) is 3. The van der Waals surface area contributed by atoms with E-state index in [4.69, 9.17) is 9.47 Å². The Bertz CT molecular complexity index is 1620. The lowest BCUT2D eigenvalue weighted by Crippen LogP contribution is -2.48. The number of carbonyl (C=O) groups excluding carboxylic acids is 2. The van der Waals surface area contributed by atoms with Crippen molar-refractivity contribution in [3.63, 3.8) is 0 Å². The molecule has 2 amide bonds. The fourth-order valence-corrected chi connectivity index (χ4v) is 6.58. The summed E-state index contributed by atoms with van der Waals surface area (Å²) >= 11 is 0. The third kappa shape index (κ3) is 8.25. The summed E-state index contributed by atoms with van der Waals surface area (Å²) in [5.41, 5.74) is 6.32. The van der Waals surface area contributed by atoms with Crippen LogP contribution in [0.25, 0.3) is 0 Å². The minimum atomic E-state index is -0.459. The molecular weight excluding hydrogens is 588 g/mol. The van der Waals surface area contributed by atoms with Crippen LogP contribution in [-0.2, 0) is 33.8 Å². The number of ether oxygens (including phenoxy) is 2. The highest BCUT2D eigenvalue weighted by atomic mass is 16.5. The first-order valence-electron chi connectivity index (χ1n) is 16.7. The number of hydrogen-bond acceptors (Lipinski definition) is 6. The molecule has 2 atom stereocenters. The normalized spacial score (nSPS) is 18.7. The number of aromatic nitrogens is 1. The molecule has 0 spiro atoms. The Morgan fingerprint density at radius 2 is 1.60 bits per heavy atom. The van der Waals surface area contributed by atoms with Gasteiger partial charge in [-0.2, -0.15) is 0 Å². The minimum Gasteiger partial charge on any atom is -0.491 e. The van der Waals surface area contributed by atoms with Crippen molar-refractivity contribution in [1.29, 1.82) is 0 Å². The van der Waals surface area contributed by atoms with Crippen LogP contribution in [0.1, 0.15) is 60.5 Å². The Balaban J connectivity index is 1.25. The van der Waals surface area contributed by atoms with E-state index in [2.05, 4.69) is 45.5 Å². The average Bonchev–Trinajstić information content (AvgIpc) is 3.09. The molecule has 0 unspecified atom stereocenters. The lowest BCUT2D eigenvalue weighted by atomic mass is 9.83.